The van der Waals surface area contributed by atoms with Gasteiger partial charge in [-0.15, -0.1) is 0 Å². The van der Waals surface area contributed by atoms with E-state index in [4.69, 9.17) is 0 Å². The van der Waals surface area contributed by atoms with E-state index in [2.05, 4.69) is 16.3 Å². The van der Waals surface area contributed by atoms with Crippen molar-refractivity contribution >= 4 is 16.8 Å². The molecule has 0 aliphatic carbocycles. The van der Waals surface area contributed by atoms with Crippen molar-refractivity contribution in [3.8, 4) is 0 Å². The van der Waals surface area contributed by atoms with Crippen LogP contribution in [-0.4, -0.2) is 38.7 Å². The van der Waals surface area contributed by atoms with E-state index in [1.165, 1.54) is 5.56 Å². The highest BCUT2D eigenvalue weighted by atomic mass is 16.2. The second-order valence-corrected chi connectivity index (χ2v) is 6.40. The standard InChI is InChI=1S/C18H20N4O/c1-21-11-14(10-19-21)8-13-6-7-22(12-13)18(23)17-9-15-4-2-3-5-16(15)20-17/h2-5,9-11,13,20H,6-8,12H2,1H3. The molecule has 1 fully saturated rings. The Morgan fingerprint density at radius 3 is 3.04 bits per heavy atom. The normalized spacial score (nSPS) is 18.0. The van der Waals surface area contributed by atoms with Crippen molar-refractivity contribution in [3.05, 3.63) is 54.0 Å². The first-order valence-electron chi connectivity index (χ1n) is 8.03. The molecular weight excluding hydrogens is 288 g/mol. The fourth-order valence-corrected chi connectivity index (χ4v) is 3.45. The minimum atomic E-state index is 0.106. The van der Waals surface area contributed by atoms with Gasteiger partial charge in [-0.05, 0) is 36.5 Å². The van der Waals surface area contributed by atoms with Gasteiger partial charge in [-0.1, -0.05) is 18.2 Å². The molecule has 3 heterocycles. The molecule has 1 saturated heterocycles. The van der Waals surface area contributed by atoms with Gasteiger partial charge in [-0.25, -0.2) is 0 Å². The lowest BCUT2D eigenvalue weighted by Crippen LogP contribution is -2.29. The van der Waals surface area contributed by atoms with Gasteiger partial charge in [0.2, 0.25) is 0 Å². The molecule has 1 aliphatic rings. The fraction of sp³-hybridized carbons (Fsp3) is 0.333. The number of aryl methyl sites for hydroxylation is 1. The minimum Gasteiger partial charge on any atom is -0.351 e. The third kappa shape index (κ3) is 2.74. The van der Waals surface area contributed by atoms with E-state index in [0.29, 0.717) is 11.6 Å². The number of benzene rings is 1. The number of H-pyrrole nitrogens is 1. The molecule has 1 amide bonds. The first-order valence-corrected chi connectivity index (χ1v) is 8.03. The molecule has 0 spiro atoms. The highest BCUT2D eigenvalue weighted by Crippen LogP contribution is 2.23. The van der Waals surface area contributed by atoms with Crippen LogP contribution in [0.3, 0.4) is 0 Å². The molecular formula is C18H20N4O. The molecule has 1 unspecified atom stereocenters. The summed E-state index contributed by atoms with van der Waals surface area (Å²) in [6.07, 6.45) is 6.02. The molecule has 1 atom stereocenters. The number of para-hydroxylation sites is 1. The highest BCUT2D eigenvalue weighted by molar-refractivity contribution is 5.98. The molecule has 118 valence electrons. The number of nitrogens with zero attached hydrogens (tertiary/aromatic N) is 3. The van der Waals surface area contributed by atoms with Gasteiger partial charge in [0, 0.05) is 37.2 Å². The molecule has 4 rings (SSSR count). The number of hydrogen-bond donors (Lipinski definition) is 1. The van der Waals surface area contributed by atoms with Crippen LogP contribution in [0.4, 0.5) is 0 Å². The summed E-state index contributed by atoms with van der Waals surface area (Å²) in [6, 6.07) is 9.95. The Bertz CT molecular complexity index is 814. The van der Waals surface area contributed by atoms with Crippen LogP contribution in [0.25, 0.3) is 10.9 Å². The topological polar surface area (TPSA) is 53.9 Å². The molecule has 1 aromatic carbocycles. The highest BCUT2D eigenvalue weighted by Gasteiger charge is 2.28. The summed E-state index contributed by atoms with van der Waals surface area (Å²) < 4.78 is 1.83. The largest absolute Gasteiger partial charge is 0.351 e. The Hall–Kier alpha value is -2.56. The number of rotatable bonds is 3. The zero-order valence-electron chi connectivity index (χ0n) is 13.2. The number of aromatic nitrogens is 3. The predicted octanol–water partition coefficient (Wildman–Crippen LogP) is 2.61. The number of amides is 1. The molecule has 5 nitrogen and oxygen atoms in total. The Morgan fingerprint density at radius 2 is 2.26 bits per heavy atom. The Labute approximate surface area is 134 Å². The van der Waals surface area contributed by atoms with Crippen molar-refractivity contribution in [1.29, 1.82) is 0 Å². The van der Waals surface area contributed by atoms with Gasteiger partial charge in [-0.2, -0.15) is 5.10 Å². The van der Waals surface area contributed by atoms with Crippen LogP contribution in [0.1, 0.15) is 22.5 Å². The first-order chi connectivity index (χ1) is 11.2. The van der Waals surface area contributed by atoms with Crippen molar-refractivity contribution in [2.45, 2.75) is 12.8 Å². The van der Waals surface area contributed by atoms with Gasteiger partial charge in [-0.3, -0.25) is 9.48 Å². The fourth-order valence-electron chi connectivity index (χ4n) is 3.45. The molecule has 23 heavy (non-hydrogen) atoms. The van der Waals surface area contributed by atoms with Crippen molar-refractivity contribution < 1.29 is 4.79 Å². The van der Waals surface area contributed by atoms with Crippen LogP contribution >= 0.6 is 0 Å². The third-order valence-electron chi connectivity index (χ3n) is 4.62. The van der Waals surface area contributed by atoms with Gasteiger partial charge >= 0.3 is 0 Å². The molecule has 1 N–H and O–H groups in total. The first kappa shape index (κ1) is 14.1. The second-order valence-electron chi connectivity index (χ2n) is 6.40. The third-order valence-corrected chi connectivity index (χ3v) is 4.62. The molecule has 5 heteroatoms. The summed E-state index contributed by atoms with van der Waals surface area (Å²) in [4.78, 5) is 17.9. The second kappa shape index (κ2) is 5.57. The van der Waals surface area contributed by atoms with E-state index in [1.807, 2.05) is 53.2 Å². The van der Waals surface area contributed by atoms with Crippen LogP contribution in [0.15, 0.2) is 42.7 Å². The molecule has 0 saturated carbocycles. The number of carbonyl (C=O) groups is 1. The zero-order valence-corrected chi connectivity index (χ0v) is 13.2. The number of carbonyl (C=O) groups excluding carboxylic acids is 1. The van der Waals surface area contributed by atoms with Crippen LogP contribution in [0.5, 0.6) is 0 Å². The summed E-state index contributed by atoms with van der Waals surface area (Å²) in [5.74, 6) is 0.627. The van der Waals surface area contributed by atoms with E-state index in [-0.39, 0.29) is 5.91 Å². The molecule has 0 radical (unpaired) electrons. The van der Waals surface area contributed by atoms with E-state index in [9.17, 15) is 4.79 Å². The zero-order chi connectivity index (χ0) is 15.8. The average Bonchev–Trinajstić information content (AvgIpc) is 3.26. The lowest BCUT2D eigenvalue weighted by Gasteiger charge is -2.15. The number of likely N-dealkylation sites (tertiary alicyclic amines) is 1. The van der Waals surface area contributed by atoms with E-state index >= 15 is 0 Å². The number of hydrogen-bond acceptors (Lipinski definition) is 2. The van der Waals surface area contributed by atoms with Crippen molar-refractivity contribution in [2.75, 3.05) is 13.1 Å². The summed E-state index contributed by atoms with van der Waals surface area (Å²) in [6.45, 7) is 1.65. The van der Waals surface area contributed by atoms with Crippen LogP contribution in [0.2, 0.25) is 0 Å². The monoisotopic (exact) mass is 308 g/mol. The SMILES string of the molecule is Cn1cc(CC2CCN(C(=O)c3cc4ccccc4[nH]3)C2)cn1. The van der Waals surface area contributed by atoms with E-state index in [1.54, 1.807) is 0 Å². The van der Waals surface area contributed by atoms with Crippen molar-refractivity contribution in [2.24, 2.45) is 13.0 Å². The Balaban J connectivity index is 1.45. The number of fused-ring (bicyclic) bond motifs is 1. The lowest BCUT2D eigenvalue weighted by atomic mass is 10.0. The summed E-state index contributed by atoms with van der Waals surface area (Å²) in [5, 5.41) is 5.30. The average molecular weight is 308 g/mol. The van der Waals surface area contributed by atoms with Gasteiger partial charge < -0.3 is 9.88 Å². The maximum Gasteiger partial charge on any atom is 0.270 e. The van der Waals surface area contributed by atoms with Gasteiger partial charge in [0.05, 0.1) is 6.20 Å². The quantitative estimate of drug-likeness (QED) is 0.808. The Morgan fingerprint density at radius 1 is 1.39 bits per heavy atom. The maximum atomic E-state index is 12.7. The molecule has 1 aliphatic heterocycles. The summed E-state index contributed by atoms with van der Waals surface area (Å²) >= 11 is 0. The molecule has 2 aromatic heterocycles. The van der Waals surface area contributed by atoms with Gasteiger partial charge in [0.15, 0.2) is 0 Å². The van der Waals surface area contributed by atoms with E-state index in [0.717, 1.165) is 36.8 Å². The maximum absolute atomic E-state index is 12.7. The molecule has 0 bridgehead atoms. The van der Waals surface area contributed by atoms with Crippen LogP contribution < -0.4 is 0 Å². The Kier molecular flexibility index (Phi) is 3.41. The summed E-state index contributed by atoms with van der Waals surface area (Å²) in [5.41, 5.74) is 2.95. The van der Waals surface area contributed by atoms with Gasteiger partial charge in [0.25, 0.3) is 5.91 Å². The minimum absolute atomic E-state index is 0.106. The lowest BCUT2D eigenvalue weighted by molar-refractivity contribution is 0.0782. The summed E-state index contributed by atoms with van der Waals surface area (Å²) in [7, 11) is 1.93. The van der Waals surface area contributed by atoms with Crippen molar-refractivity contribution in [3.63, 3.8) is 0 Å². The van der Waals surface area contributed by atoms with Crippen molar-refractivity contribution in [1.82, 2.24) is 19.7 Å². The predicted molar refractivity (Wildman–Crippen MR) is 89.2 cm³/mol. The van der Waals surface area contributed by atoms with Crippen LogP contribution in [-0.2, 0) is 13.5 Å². The van der Waals surface area contributed by atoms with E-state index < -0.39 is 0 Å². The number of nitrogens with one attached hydrogen (secondary N) is 1. The number of aromatic amines is 1. The smallest absolute Gasteiger partial charge is 0.270 e. The van der Waals surface area contributed by atoms with Gasteiger partial charge in [0.1, 0.15) is 5.69 Å². The molecule has 3 aromatic rings. The van der Waals surface area contributed by atoms with Crippen LogP contribution in [0, 0.1) is 5.92 Å².